The van der Waals surface area contributed by atoms with E-state index >= 15 is 0 Å². The quantitative estimate of drug-likeness (QED) is 0.767. The summed E-state index contributed by atoms with van der Waals surface area (Å²) in [5, 5.41) is 10.3. The number of hydrogen-bond donors (Lipinski definition) is 2. The fourth-order valence-corrected chi connectivity index (χ4v) is 1.97. The van der Waals surface area contributed by atoms with Gasteiger partial charge in [0.15, 0.2) is 0 Å². The summed E-state index contributed by atoms with van der Waals surface area (Å²) in [6.45, 7) is 5.53. The molecule has 0 radical (unpaired) electrons. The maximum atomic E-state index is 12.0. The third-order valence-corrected chi connectivity index (χ3v) is 3.29. The van der Waals surface area contributed by atoms with Crippen LogP contribution in [-0.4, -0.2) is 28.3 Å². The van der Waals surface area contributed by atoms with Crippen molar-refractivity contribution in [3.8, 4) is 0 Å². The first-order chi connectivity index (χ1) is 10.1. The van der Waals surface area contributed by atoms with Crippen molar-refractivity contribution in [1.82, 2.24) is 15.1 Å². The Morgan fingerprint density at radius 2 is 2.10 bits per heavy atom. The molecule has 21 heavy (non-hydrogen) atoms. The van der Waals surface area contributed by atoms with E-state index in [1.165, 1.54) is 5.56 Å². The van der Waals surface area contributed by atoms with Crippen molar-refractivity contribution in [2.45, 2.75) is 32.9 Å². The maximum Gasteiger partial charge on any atom is 0.241 e. The number of anilines is 1. The third-order valence-electron chi connectivity index (χ3n) is 3.29. The molecule has 5 nitrogen and oxygen atoms in total. The van der Waals surface area contributed by atoms with Gasteiger partial charge in [-0.05, 0) is 45.0 Å². The highest BCUT2D eigenvalue weighted by Gasteiger charge is 2.11. The van der Waals surface area contributed by atoms with Crippen LogP contribution >= 0.6 is 0 Å². The number of carbonyl (C=O) groups excluding carboxylic acids is 1. The van der Waals surface area contributed by atoms with Crippen LogP contribution in [0.25, 0.3) is 0 Å². The highest BCUT2D eigenvalue weighted by atomic mass is 16.2. The minimum Gasteiger partial charge on any atom is -0.325 e. The van der Waals surface area contributed by atoms with Crippen molar-refractivity contribution >= 4 is 11.6 Å². The fraction of sp³-hybridized carbons (Fsp3) is 0.375. The van der Waals surface area contributed by atoms with Gasteiger partial charge in [0, 0.05) is 24.6 Å². The van der Waals surface area contributed by atoms with Crippen LogP contribution < -0.4 is 10.6 Å². The molecule has 1 amide bonds. The van der Waals surface area contributed by atoms with E-state index in [-0.39, 0.29) is 11.9 Å². The van der Waals surface area contributed by atoms with Crippen molar-refractivity contribution in [2.75, 3.05) is 11.9 Å². The van der Waals surface area contributed by atoms with Crippen LogP contribution in [0.1, 0.15) is 18.9 Å². The van der Waals surface area contributed by atoms with Gasteiger partial charge in [0.2, 0.25) is 5.91 Å². The number of benzene rings is 1. The molecular formula is C16H22N4O. The van der Waals surface area contributed by atoms with Crippen molar-refractivity contribution in [2.24, 2.45) is 0 Å². The van der Waals surface area contributed by atoms with E-state index in [1.54, 1.807) is 6.20 Å². The molecular weight excluding hydrogens is 264 g/mol. The second-order valence-corrected chi connectivity index (χ2v) is 5.15. The molecule has 1 aromatic heterocycles. The van der Waals surface area contributed by atoms with Crippen LogP contribution in [0.2, 0.25) is 0 Å². The molecule has 5 heteroatoms. The van der Waals surface area contributed by atoms with Gasteiger partial charge in [-0.1, -0.05) is 17.7 Å². The lowest BCUT2D eigenvalue weighted by Crippen LogP contribution is -2.38. The van der Waals surface area contributed by atoms with Crippen LogP contribution in [0, 0.1) is 6.92 Å². The molecule has 2 aromatic rings. The normalized spacial score (nSPS) is 12.1. The lowest BCUT2D eigenvalue weighted by molar-refractivity contribution is -0.117. The van der Waals surface area contributed by atoms with Gasteiger partial charge in [-0.3, -0.25) is 9.48 Å². The third kappa shape index (κ3) is 5.04. The van der Waals surface area contributed by atoms with Gasteiger partial charge in [0.05, 0.1) is 6.04 Å². The highest BCUT2D eigenvalue weighted by Crippen LogP contribution is 2.08. The second kappa shape index (κ2) is 7.59. The molecule has 0 bridgehead atoms. The Hall–Kier alpha value is -2.14. The number of amides is 1. The number of nitrogens with zero attached hydrogens (tertiary/aromatic N) is 2. The van der Waals surface area contributed by atoms with E-state index in [0.717, 1.165) is 25.2 Å². The number of rotatable bonds is 7. The lowest BCUT2D eigenvalue weighted by atomic mass is 10.2. The number of nitrogens with one attached hydrogen (secondary N) is 2. The minimum atomic E-state index is -0.219. The predicted molar refractivity (Wildman–Crippen MR) is 84.1 cm³/mol. The largest absolute Gasteiger partial charge is 0.325 e. The Labute approximate surface area is 125 Å². The van der Waals surface area contributed by atoms with Gasteiger partial charge in [-0.2, -0.15) is 5.10 Å². The minimum absolute atomic E-state index is 0.0158. The SMILES string of the molecule is Cc1ccc(NC(=O)C(C)NCCCn2cccn2)cc1. The summed E-state index contributed by atoms with van der Waals surface area (Å²) in [5.41, 5.74) is 2.01. The molecule has 1 unspecified atom stereocenters. The summed E-state index contributed by atoms with van der Waals surface area (Å²) in [4.78, 5) is 12.0. The van der Waals surface area contributed by atoms with E-state index in [0.29, 0.717) is 0 Å². The molecule has 0 aliphatic carbocycles. The maximum absolute atomic E-state index is 12.0. The standard InChI is InChI=1S/C16H22N4O/c1-13-5-7-15(8-6-13)19-16(21)14(2)17-9-3-11-20-12-4-10-18-20/h4-8,10,12,14,17H,3,9,11H2,1-2H3,(H,19,21). The van der Waals surface area contributed by atoms with E-state index < -0.39 is 0 Å². The van der Waals surface area contributed by atoms with Crippen LogP contribution in [-0.2, 0) is 11.3 Å². The molecule has 2 rings (SSSR count). The van der Waals surface area contributed by atoms with Gasteiger partial charge < -0.3 is 10.6 Å². The van der Waals surface area contributed by atoms with Crippen LogP contribution in [0.3, 0.4) is 0 Å². The molecule has 1 heterocycles. The Bertz CT molecular complexity index is 548. The topological polar surface area (TPSA) is 59.0 Å². The summed E-state index contributed by atoms with van der Waals surface area (Å²) in [6.07, 6.45) is 4.64. The van der Waals surface area contributed by atoms with Gasteiger partial charge >= 0.3 is 0 Å². The van der Waals surface area contributed by atoms with Crippen LogP contribution in [0.5, 0.6) is 0 Å². The van der Waals surface area contributed by atoms with Gasteiger partial charge in [-0.25, -0.2) is 0 Å². The molecule has 0 spiro atoms. The molecule has 0 aliphatic heterocycles. The van der Waals surface area contributed by atoms with Crippen LogP contribution in [0.4, 0.5) is 5.69 Å². The summed E-state index contributed by atoms with van der Waals surface area (Å²) >= 11 is 0. The average Bonchev–Trinajstić information content (AvgIpc) is 2.99. The zero-order valence-corrected chi connectivity index (χ0v) is 12.5. The summed E-state index contributed by atoms with van der Waals surface area (Å²) in [5.74, 6) is -0.0158. The highest BCUT2D eigenvalue weighted by molar-refractivity contribution is 5.94. The van der Waals surface area contributed by atoms with Crippen molar-refractivity contribution < 1.29 is 4.79 Å². The van der Waals surface area contributed by atoms with Gasteiger partial charge in [0.25, 0.3) is 0 Å². The fourth-order valence-electron chi connectivity index (χ4n) is 1.97. The zero-order valence-electron chi connectivity index (χ0n) is 12.5. The molecule has 0 fully saturated rings. The number of aromatic nitrogens is 2. The van der Waals surface area contributed by atoms with Gasteiger partial charge in [-0.15, -0.1) is 0 Å². The molecule has 1 aromatic carbocycles. The Morgan fingerprint density at radius 3 is 2.76 bits per heavy atom. The lowest BCUT2D eigenvalue weighted by Gasteiger charge is -2.14. The van der Waals surface area contributed by atoms with Crippen LogP contribution in [0.15, 0.2) is 42.7 Å². The number of carbonyl (C=O) groups is 1. The predicted octanol–water partition coefficient (Wildman–Crippen LogP) is 2.20. The van der Waals surface area contributed by atoms with E-state index in [2.05, 4.69) is 15.7 Å². The van der Waals surface area contributed by atoms with E-state index in [1.807, 2.05) is 55.1 Å². The first-order valence-corrected chi connectivity index (χ1v) is 7.23. The average molecular weight is 286 g/mol. The summed E-state index contributed by atoms with van der Waals surface area (Å²) in [6, 6.07) is 9.49. The first-order valence-electron chi connectivity index (χ1n) is 7.23. The van der Waals surface area contributed by atoms with E-state index in [9.17, 15) is 4.79 Å². The summed E-state index contributed by atoms with van der Waals surface area (Å²) < 4.78 is 1.89. The number of aryl methyl sites for hydroxylation is 2. The van der Waals surface area contributed by atoms with E-state index in [4.69, 9.17) is 0 Å². The Morgan fingerprint density at radius 1 is 1.33 bits per heavy atom. The monoisotopic (exact) mass is 286 g/mol. The van der Waals surface area contributed by atoms with Crippen molar-refractivity contribution in [1.29, 1.82) is 0 Å². The number of hydrogen-bond acceptors (Lipinski definition) is 3. The molecule has 0 aliphatic rings. The molecule has 112 valence electrons. The second-order valence-electron chi connectivity index (χ2n) is 5.15. The molecule has 2 N–H and O–H groups in total. The Kier molecular flexibility index (Phi) is 5.51. The first kappa shape index (κ1) is 15.3. The van der Waals surface area contributed by atoms with Crippen molar-refractivity contribution in [3.63, 3.8) is 0 Å². The Balaban J connectivity index is 1.68. The van der Waals surface area contributed by atoms with Crippen molar-refractivity contribution in [3.05, 3.63) is 48.3 Å². The molecule has 1 atom stereocenters. The smallest absolute Gasteiger partial charge is 0.241 e. The molecule has 0 saturated heterocycles. The molecule has 0 saturated carbocycles. The van der Waals surface area contributed by atoms with Gasteiger partial charge in [0.1, 0.15) is 0 Å². The zero-order chi connectivity index (χ0) is 15.1. The summed E-state index contributed by atoms with van der Waals surface area (Å²) in [7, 11) is 0.